The molecule has 0 unspecified atom stereocenters. The van der Waals surface area contributed by atoms with Crippen molar-refractivity contribution in [3.63, 3.8) is 0 Å². The number of hydrogen-bond acceptors (Lipinski definition) is 4. The number of anilines is 3. The third kappa shape index (κ3) is 3.61. The molecule has 20 heavy (non-hydrogen) atoms. The summed E-state index contributed by atoms with van der Waals surface area (Å²) in [5.41, 5.74) is 2.01. The molecule has 0 fully saturated rings. The molecule has 0 radical (unpaired) electrons. The van der Waals surface area contributed by atoms with Gasteiger partial charge < -0.3 is 5.32 Å². The van der Waals surface area contributed by atoms with Crippen LogP contribution in [-0.2, 0) is 10.0 Å². The second kappa shape index (κ2) is 5.68. The van der Waals surface area contributed by atoms with Crippen LogP contribution in [-0.4, -0.2) is 19.7 Å². The molecule has 1 heterocycles. The lowest BCUT2D eigenvalue weighted by atomic mass is 10.2. The molecule has 1 aromatic carbocycles. The van der Waals surface area contributed by atoms with Gasteiger partial charge in [0.25, 0.3) is 0 Å². The molecule has 0 aliphatic rings. The first-order valence-corrected chi connectivity index (χ1v) is 8.09. The average Bonchev–Trinajstić information content (AvgIpc) is 2.34. The monoisotopic (exact) mass is 311 g/mol. The molecule has 5 nitrogen and oxygen atoms in total. The van der Waals surface area contributed by atoms with Gasteiger partial charge in [-0.2, -0.15) is 0 Å². The van der Waals surface area contributed by atoms with Gasteiger partial charge in [-0.1, -0.05) is 23.7 Å². The zero-order valence-electron chi connectivity index (χ0n) is 11.0. The maximum absolute atomic E-state index is 11.3. The summed E-state index contributed by atoms with van der Waals surface area (Å²) in [5.74, 6) is 0.397. The highest BCUT2D eigenvalue weighted by molar-refractivity contribution is 7.92. The Morgan fingerprint density at radius 3 is 2.60 bits per heavy atom. The van der Waals surface area contributed by atoms with Gasteiger partial charge in [0.2, 0.25) is 10.0 Å². The van der Waals surface area contributed by atoms with Gasteiger partial charge in [-0.3, -0.25) is 4.72 Å². The third-order valence-electron chi connectivity index (χ3n) is 2.57. The number of nitrogens with zero attached hydrogens (tertiary/aromatic N) is 1. The maximum atomic E-state index is 11.3. The number of nitrogens with one attached hydrogen (secondary N) is 2. The highest BCUT2D eigenvalue weighted by Gasteiger charge is 2.11. The topological polar surface area (TPSA) is 71.1 Å². The predicted octanol–water partition coefficient (Wildman–Crippen LogP) is 3.16. The van der Waals surface area contributed by atoms with Crippen molar-refractivity contribution in [2.24, 2.45) is 0 Å². The second-order valence-corrected chi connectivity index (χ2v) is 6.49. The molecule has 1 aromatic heterocycles. The number of para-hydroxylation sites is 1. The van der Waals surface area contributed by atoms with Crippen molar-refractivity contribution in [3.8, 4) is 0 Å². The van der Waals surface area contributed by atoms with Gasteiger partial charge in [-0.25, -0.2) is 13.4 Å². The Kier molecular flexibility index (Phi) is 4.15. The van der Waals surface area contributed by atoms with E-state index >= 15 is 0 Å². The van der Waals surface area contributed by atoms with Gasteiger partial charge in [0.1, 0.15) is 0 Å². The Balaban J connectivity index is 2.39. The SMILES string of the molecule is Cc1cccc(Cl)c1Nc1ncccc1NS(C)(=O)=O. The lowest BCUT2D eigenvalue weighted by molar-refractivity contribution is 0.607. The van der Waals surface area contributed by atoms with Crippen LogP contribution in [0.15, 0.2) is 36.5 Å². The fourth-order valence-corrected chi connectivity index (χ4v) is 2.53. The summed E-state index contributed by atoms with van der Waals surface area (Å²) in [6.07, 6.45) is 2.66. The molecule has 7 heteroatoms. The molecule has 2 N–H and O–H groups in total. The van der Waals surface area contributed by atoms with Crippen molar-refractivity contribution in [2.45, 2.75) is 6.92 Å². The molecule has 2 rings (SSSR count). The smallest absolute Gasteiger partial charge is 0.229 e. The van der Waals surface area contributed by atoms with Crippen molar-refractivity contribution in [2.75, 3.05) is 16.3 Å². The largest absolute Gasteiger partial charge is 0.337 e. The van der Waals surface area contributed by atoms with Crippen molar-refractivity contribution < 1.29 is 8.42 Å². The molecule has 106 valence electrons. The summed E-state index contributed by atoms with van der Waals surface area (Å²) in [6.45, 7) is 1.90. The number of halogens is 1. The normalized spacial score (nSPS) is 11.2. The van der Waals surface area contributed by atoms with Gasteiger partial charge in [0.05, 0.1) is 22.7 Å². The second-order valence-electron chi connectivity index (χ2n) is 4.33. The summed E-state index contributed by atoms with van der Waals surface area (Å²) in [4.78, 5) is 4.14. The van der Waals surface area contributed by atoms with E-state index in [2.05, 4.69) is 15.0 Å². The van der Waals surface area contributed by atoms with Crippen molar-refractivity contribution >= 4 is 38.8 Å². The first-order valence-electron chi connectivity index (χ1n) is 5.82. The summed E-state index contributed by atoms with van der Waals surface area (Å²) in [6, 6.07) is 8.78. The molecule has 0 bridgehead atoms. The van der Waals surface area contributed by atoms with Crippen LogP contribution in [0.4, 0.5) is 17.2 Å². The van der Waals surface area contributed by atoms with Crippen LogP contribution in [0.25, 0.3) is 0 Å². The summed E-state index contributed by atoms with van der Waals surface area (Å²) in [7, 11) is -3.38. The zero-order chi connectivity index (χ0) is 14.8. The molecule has 0 aliphatic carbocycles. The molecule has 0 saturated carbocycles. The number of benzene rings is 1. The Morgan fingerprint density at radius 2 is 1.95 bits per heavy atom. The first kappa shape index (κ1) is 14.6. The van der Waals surface area contributed by atoms with E-state index in [0.29, 0.717) is 22.2 Å². The molecular formula is C13H14ClN3O2S. The molecule has 0 aliphatic heterocycles. The fraction of sp³-hybridized carbons (Fsp3) is 0.154. The van der Waals surface area contributed by atoms with Crippen LogP contribution >= 0.6 is 11.6 Å². The van der Waals surface area contributed by atoms with Gasteiger partial charge in [0.15, 0.2) is 5.82 Å². The number of aromatic nitrogens is 1. The van der Waals surface area contributed by atoms with Crippen LogP contribution in [0.1, 0.15) is 5.56 Å². The molecule has 0 spiro atoms. The van der Waals surface area contributed by atoms with E-state index in [1.54, 1.807) is 24.4 Å². The van der Waals surface area contributed by atoms with Crippen LogP contribution in [0.2, 0.25) is 5.02 Å². The Bertz CT molecular complexity index is 712. The van der Waals surface area contributed by atoms with E-state index < -0.39 is 10.0 Å². The lowest BCUT2D eigenvalue weighted by Crippen LogP contribution is -2.11. The maximum Gasteiger partial charge on any atom is 0.229 e. The molecular weight excluding hydrogens is 298 g/mol. The quantitative estimate of drug-likeness (QED) is 0.910. The Labute approximate surface area is 123 Å². The highest BCUT2D eigenvalue weighted by atomic mass is 35.5. The standard InChI is InChI=1S/C13H14ClN3O2S/c1-9-5-3-6-10(14)12(9)16-13-11(7-4-8-15-13)17-20(2,18)19/h3-8,17H,1-2H3,(H,15,16). The van der Waals surface area contributed by atoms with E-state index in [1.165, 1.54) is 0 Å². The fourth-order valence-electron chi connectivity index (χ4n) is 1.70. The molecule has 2 aromatic rings. The van der Waals surface area contributed by atoms with Crippen LogP contribution < -0.4 is 10.0 Å². The minimum atomic E-state index is -3.38. The summed E-state index contributed by atoms with van der Waals surface area (Å²) in [5, 5.41) is 3.60. The number of pyridine rings is 1. The van der Waals surface area contributed by atoms with E-state index in [4.69, 9.17) is 11.6 Å². The van der Waals surface area contributed by atoms with E-state index in [-0.39, 0.29) is 0 Å². The highest BCUT2D eigenvalue weighted by Crippen LogP contribution is 2.30. The van der Waals surface area contributed by atoms with Crippen LogP contribution in [0.5, 0.6) is 0 Å². The molecule has 0 saturated heterocycles. The van der Waals surface area contributed by atoms with E-state index in [1.807, 2.05) is 19.1 Å². The zero-order valence-corrected chi connectivity index (χ0v) is 12.6. The van der Waals surface area contributed by atoms with Gasteiger partial charge in [0, 0.05) is 6.20 Å². The van der Waals surface area contributed by atoms with Gasteiger partial charge in [-0.05, 0) is 30.7 Å². The third-order valence-corrected chi connectivity index (χ3v) is 3.47. The van der Waals surface area contributed by atoms with Crippen molar-refractivity contribution in [1.82, 2.24) is 4.98 Å². The first-order chi connectivity index (χ1) is 9.37. The number of rotatable bonds is 4. The van der Waals surface area contributed by atoms with E-state index in [0.717, 1.165) is 11.8 Å². The van der Waals surface area contributed by atoms with Crippen molar-refractivity contribution in [3.05, 3.63) is 47.1 Å². The minimum Gasteiger partial charge on any atom is -0.337 e. The summed E-state index contributed by atoms with van der Waals surface area (Å²) >= 11 is 6.14. The van der Waals surface area contributed by atoms with Gasteiger partial charge >= 0.3 is 0 Å². The van der Waals surface area contributed by atoms with Gasteiger partial charge in [-0.15, -0.1) is 0 Å². The minimum absolute atomic E-state index is 0.370. The lowest BCUT2D eigenvalue weighted by Gasteiger charge is -2.14. The van der Waals surface area contributed by atoms with Crippen LogP contribution in [0.3, 0.4) is 0 Å². The van der Waals surface area contributed by atoms with Crippen LogP contribution in [0, 0.1) is 6.92 Å². The van der Waals surface area contributed by atoms with Crippen molar-refractivity contribution in [1.29, 1.82) is 0 Å². The van der Waals surface area contributed by atoms with E-state index in [9.17, 15) is 8.42 Å². The number of sulfonamides is 1. The Hall–Kier alpha value is -1.79. The molecule has 0 atom stereocenters. The number of aryl methyl sites for hydroxylation is 1. The number of hydrogen-bond donors (Lipinski definition) is 2. The predicted molar refractivity (Wildman–Crippen MR) is 82.2 cm³/mol. The summed E-state index contributed by atoms with van der Waals surface area (Å²) < 4.78 is 25.1. The average molecular weight is 312 g/mol. The Morgan fingerprint density at radius 1 is 1.20 bits per heavy atom. The molecule has 0 amide bonds.